The van der Waals surface area contributed by atoms with E-state index in [1.54, 1.807) is 11.3 Å². The maximum Gasteiger partial charge on any atom is 0.308 e. The molecule has 1 aliphatic rings. The van der Waals surface area contributed by atoms with Crippen molar-refractivity contribution in [2.45, 2.75) is 64.8 Å². The number of nitrogens with zero attached hydrogens (tertiary/aromatic N) is 1. The Bertz CT molecular complexity index is 582. The second-order valence-electron chi connectivity index (χ2n) is 7.50. The molecular formula is C20H34IN3O2S. The van der Waals surface area contributed by atoms with Crippen LogP contribution in [-0.2, 0) is 14.9 Å². The third kappa shape index (κ3) is 7.60. The molecule has 1 aromatic rings. The second kappa shape index (κ2) is 11.9. The summed E-state index contributed by atoms with van der Waals surface area (Å²) in [6.07, 6.45) is 3.72. The number of ether oxygens (including phenoxy) is 1. The third-order valence-electron chi connectivity index (χ3n) is 4.85. The number of rotatable bonds is 7. The molecule has 154 valence electrons. The van der Waals surface area contributed by atoms with E-state index in [2.05, 4.69) is 48.9 Å². The maximum absolute atomic E-state index is 11.9. The summed E-state index contributed by atoms with van der Waals surface area (Å²) < 4.78 is 5.15. The monoisotopic (exact) mass is 507 g/mol. The first kappa shape index (κ1) is 24.2. The molecule has 0 bridgehead atoms. The van der Waals surface area contributed by atoms with Crippen molar-refractivity contribution < 1.29 is 9.53 Å². The molecule has 0 aliphatic heterocycles. The molecule has 1 aliphatic carbocycles. The number of esters is 1. The van der Waals surface area contributed by atoms with Crippen molar-refractivity contribution in [3.8, 4) is 0 Å². The average Bonchev–Trinajstić information content (AvgIpc) is 3.16. The first-order chi connectivity index (χ1) is 12.5. The Kier molecular flexibility index (Phi) is 10.7. The van der Waals surface area contributed by atoms with E-state index in [9.17, 15) is 4.79 Å². The highest BCUT2D eigenvalue weighted by Gasteiger charge is 2.28. The topological polar surface area (TPSA) is 62.7 Å². The Morgan fingerprint density at radius 3 is 2.56 bits per heavy atom. The van der Waals surface area contributed by atoms with Crippen LogP contribution in [0.25, 0.3) is 0 Å². The predicted octanol–water partition coefficient (Wildman–Crippen LogP) is 4.32. The first-order valence-corrected chi connectivity index (χ1v) is 10.6. The van der Waals surface area contributed by atoms with Crippen LogP contribution in [-0.4, -0.2) is 37.7 Å². The molecule has 0 amide bonds. The fourth-order valence-corrected chi connectivity index (χ4v) is 4.11. The maximum atomic E-state index is 11.9. The van der Waals surface area contributed by atoms with Crippen molar-refractivity contribution in [3.05, 3.63) is 22.4 Å². The molecule has 1 fully saturated rings. The summed E-state index contributed by atoms with van der Waals surface area (Å²) in [4.78, 5) is 18.1. The summed E-state index contributed by atoms with van der Waals surface area (Å²) >= 11 is 1.78. The van der Waals surface area contributed by atoms with Gasteiger partial charge >= 0.3 is 5.97 Å². The lowest BCUT2D eigenvalue weighted by molar-refractivity contribution is -0.149. The molecule has 2 rings (SSSR count). The summed E-state index contributed by atoms with van der Waals surface area (Å²) in [6, 6.07) is 4.64. The van der Waals surface area contributed by atoms with Gasteiger partial charge in [0.05, 0.1) is 19.1 Å². The molecule has 0 aromatic carbocycles. The Hall–Kier alpha value is -0.830. The number of carbonyl (C=O) groups excluding carboxylic acids is 1. The van der Waals surface area contributed by atoms with Crippen molar-refractivity contribution in [2.24, 2.45) is 10.9 Å². The number of carbonyl (C=O) groups is 1. The fourth-order valence-electron chi connectivity index (χ4n) is 3.27. The Morgan fingerprint density at radius 2 is 2.00 bits per heavy atom. The Labute approximate surface area is 184 Å². The van der Waals surface area contributed by atoms with Crippen LogP contribution < -0.4 is 10.6 Å². The van der Waals surface area contributed by atoms with Gasteiger partial charge in [0.15, 0.2) is 5.96 Å². The van der Waals surface area contributed by atoms with E-state index in [1.165, 1.54) is 4.88 Å². The van der Waals surface area contributed by atoms with Gasteiger partial charge in [0.25, 0.3) is 0 Å². The van der Waals surface area contributed by atoms with Crippen molar-refractivity contribution in [3.63, 3.8) is 0 Å². The zero-order valence-corrected chi connectivity index (χ0v) is 20.1. The van der Waals surface area contributed by atoms with Crippen molar-refractivity contribution in [1.29, 1.82) is 0 Å². The van der Waals surface area contributed by atoms with E-state index in [0.717, 1.165) is 44.7 Å². The van der Waals surface area contributed by atoms with Gasteiger partial charge in [0.1, 0.15) is 0 Å². The van der Waals surface area contributed by atoms with Gasteiger partial charge in [-0.1, -0.05) is 19.9 Å². The summed E-state index contributed by atoms with van der Waals surface area (Å²) in [6.45, 7) is 10.5. The average molecular weight is 507 g/mol. The number of hydrogen-bond donors (Lipinski definition) is 2. The SMILES string of the molecule is CCNC(=NCC(C)(C)c1cccs1)NC1CCC(C(=O)OCC)CC1.I. The summed E-state index contributed by atoms with van der Waals surface area (Å²) in [5.41, 5.74) is 0.0259. The van der Waals surface area contributed by atoms with Gasteiger partial charge in [0, 0.05) is 22.9 Å². The van der Waals surface area contributed by atoms with Gasteiger partial charge in [0.2, 0.25) is 0 Å². The molecular weight excluding hydrogens is 473 g/mol. The van der Waals surface area contributed by atoms with E-state index < -0.39 is 0 Å². The molecule has 7 heteroatoms. The van der Waals surface area contributed by atoms with E-state index in [1.807, 2.05) is 6.92 Å². The molecule has 0 saturated heterocycles. The zero-order chi connectivity index (χ0) is 19.0. The minimum atomic E-state index is -0.0378. The lowest BCUT2D eigenvalue weighted by Gasteiger charge is -2.29. The predicted molar refractivity (Wildman–Crippen MR) is 124 cm³/mol. The van der Waals surface area contributed by atoms with Crippen molar-refractivity contribution in [2.75, 3.05) is 19.7 Å². The van der Waals surface area contributed by atoms with Crippen LogP contribution in [0.3, 0.4) is 0 Å². The van der Waals surface area contributed by atoms with E-state index in [4.69, 9.17) is 9.73 Å². The highest BCUT2D eigenvalue weighted by atomic mass is 127. The summed E-state index contributed by atoms with van der Waals surface area (Å²) in [7, 11) is 0. The molecule has 0 spiro atoms. The standard InChI is InChI=1S/C20H33N3O2S.HI/c1-5-21-19(22-14-20(3,4)17-8-7-13-26-17)23-16-11-9-15(10-12-16)18(24)25-6-2;/h7-8,13,15-16H,5-6,9-12,14H2,1-4H3,(H2,21,22,23);1H. The first-order valence-electron chi connectivity index (χ1n) is 9.71. The zero-order valence-electron chi connectivity index (χ0n) is 16.9. The number of aliphatic imine (C=N–C) groups is 1. The van der Waals surface area contributed by atoms with E-state index in [-0.39, 0.29) is 41.3 Å². The molecule has 0 unspecified atom stereocenters. The van der Waals surface area contributed by atoms with E-state index >= 15 is 0 Å². The number of halogens is 1. The fraction of sp³-hybridized carbons (Fsp3) is 0.700. The lowest BCUT2D eigenvalue weighted by Crippen LogP contribution is -2.46. The van der Waals surface area contributed by atoms with Crippen LogP contribution in [0.1, 0.15) is 58.3 Å². The van der Waals surface area contributed by atoms with Gasteiger partial charge in [-0.15, -0.1) is 35.3 Å². The van der Waals surface area contributed by atoms with Gasteiger partial charge in [-0.05, 0) is 51.0 Å². The number of nitrogens with one attached hydrogen (secondary N) is 2. The van der Waals surface area contributed by atoms with Gasteiger partial charge in [-0.3, -0.25) is 9.79 Å². The van der Waals surface area contributed by atoms with Gasteiger partial charge in [-0.25, -0.2) is 0 Å². The van der Waals surface area contributed by atoms with Crippen LogP contribution in [0, 0.1) is 5.92 Å². The van der Waals surface area contributed by atoms with Crippen molar-refractivity contribution >= 4 is 47.2 Å². The molecule has 2 N–H and O–H groups in total. The van der Waals surface area contributed by atoms with E-state index in [0.29, 0.717) is 12.6 Å². The molecule has 0 radical (unpaired) electrons. The Morgan fingerprint density at radius 1 is 1.30 bits per heavy atom. The highest BCUT2D eigenvalue weighted by Crippen LogP contribution is 2.28. The van der Waals surface area contributed by atoms with Crippen LogP contribution >= 0.6 is 35.3 Å². The van der Waals surface area contributed by atoms with Crippen LogP contribution in [0.2, 0.25) is 0 Å². The largest absolute Gasteiger partial charge is 0.466 e. The lowest BCUT2D eigenvalue weighted by atomic mass is 9.86. The normalized spacial score (nSPS) is 20.5. The minimum Gasteiger partial charge on any atom is -0.466 e. The van der Waals surface area contributed by atoms with Crippen molar-refractivity contribution in [1.82, 2.24) is 10.6 Å². The summed E-state index contributed by atoms with van der Waals surface area (Å²) in [5.74, 6) is 0.895. The number of hydrogen-bond acceptors (Lipinski definition) is 4. The van der Waals surface area contributed by atoms with Crippen LogP contribution in [0.5, 0.6) is 0 Å². The third-order valence-corrected chi connectivity index (χ3v) is 6.09. The molecule has 1 heterocycles. The molecule has 1 saturated carbocycles. The van der Waals surface area contributed by atoms with Gasteiger partial charge in [-0.2, -0.15) is 0 Å². The second-order valence-corrected chi connectivity index (χ2v) is 8.45. The Balaban J connectivity index is 0.00000364. The number of guanidine groups is 1. The molecule has 27 heavy (non-hydrogen) atoms. The summed E-state index contributed by atoms with van der Waals surface area (Å²) in [5, 5.41) is 9.03. The number of thiophene rings is 1. The quantitative estimate of drug-likeness (QED) is 0.250. The van der Waals surface area contributed by atoms with Gasteiger partial charge < -0.3 is 15.4 Å². The highest BCUT2D eigenvalue weighted by molar-refractivity contribution is 14.0. The smallest absolute Gasteiger partial charge is 0.308 e. The molecule has 5 nitrogen and oxygen atoms in total. The molecule has 0 atom stereocenters. The minimum absolute atomic E-state index is 0. The molecule has 1 aromatic heterocycles. The van der Waals surface area contributed by atoms with Crippen LogP contribution in [0.4, 0.5) is 0 Å². The van der Waals surface area contributed by atoms with Crippen LogP contribution in [0.15, 0.2) is 22.5 Å².